The molecule has 0 aliphatic heterocycles. The second-order valence-corrected chi connectivity index (χ2v) is 4.35. The Morgan fingerprint density at radius 3 is 2.32 bits per heavy atom. The van der Waals surface area contributed by atoms with Gasteiger partial charge in [-0.2, -0.15) is 4.73 Å². The quantitative estimate of drug-likeness (QED) is 0.572. The minimum absolute atomic E-state index is 0.182. The van der Waals surface area contributed by atoms with Crippen molar-refractivity contribution in [3.05, 3.63) is 53.4 Å². The van der Waals surface area contributed by atoms with Gasteiger partial charge >= 0.3 is 0 Å². The van der Waals surface area contributed by atoms with Gasteiger partial charge in [-0.3, -0.25) is 4.99 Å². The lowest BCUT2D eigenvalue weighted by Crippen LogP contribution is -2.15. The van der Waals surface area contributed by atoms with E-state index in [0.29, 0.717) is 11.9 Å². The standard InChI is InChI=1S/C14H18N4O/c15-13-9-12(10-14(16)18(13)19)17-8-4-7-11-5-2-1-3-6-11/h1-3,5-6,9-10,19H,4,7-8,15-16H2. The zero-order valence-corrected chi connectivity index (χ0v) is 10.7. The number of nitrogen functional groups attached to an aromatic ring is 2. The molecule has 0 aliphatic rings. The summed E-state index contributed by atoms with van der Waals surface area (Å²) in [5, 5.41) is 10.1. The van der Waals surface area contributed by atoms with Crippen LogP contribution in [-0.4, -0.2) is 16.5 Å². The Hall–Kier alpha value is -2.43. The second-order valence-electron chi connectivity index (χ2n) is 4.35. The van der Waals surface area contributed by atoms with Crippen molar-refractivity contribution < 1.29 is 5.21 Å². The van der Waals surface area contributed by atoms with Gasteiger partial charge in [-0.15, -0.1) is 0 Å². The molecule has 0 unspecified atom stereocenters. The molecule has 5 heteroatoms. The number of anilines is 2. The van der Waals surface area contributed by atoms with E-state index in [1.807, 2.05) is 18.2 Å². The molecule has 0 aliphatic carbocycles. The van der Waals surface area contributed by atoms with E-state index in [2.05, 4.69) is 17.1 Å². The highest BCUT2D eigenvalue weighted by Crippen LogP contribution is 2.04. The predicted octanol–water partition coefficient (Wildman–Crippen LogP) is 1.42. The van der Waals surface area contributed by atoms with Gasteiger partial charge in [0, 0.05) is 18.7 Å². The Labute approximate surface area is 111 Å². The zero-order chi connectivity index (χ0) is 13.7. The van der Waals surface area contributed by atoms with Crippen molar-refractivity contribution in [2.24, 2.45) is 4.99 Å². The summed E-state index contributed by atoms with van der Waals surface area (Å²) < 4.78 is 0.739. The smallest absolute Gasteiger partial charge is 0.144 e. The molecule has 2 aromatic rings. The molecule has 1 heterocycles. The molecule has 5 nitrogen and oxygen atoms in total. The van der Waals surface area contributed by atoms with Gasteiger partial charge in [0.15, 0.2) is 0 Å². The zero-order valence-electron chi connectivity index (χ0n) is 10.7. The van der Waals surface area contributed by atoms with Gasteiger partial charge in [0.1, 0.15) is 11.6 Å². The fourth-order valence-corrected chi connectivity index (χ4v) is 1.84. The summed E-state index contributed by atoms with van der Waals surface area (Å²) in [6.07, 6.45) is 1.94. The highest BCUT2D eigenvalue weighted by Gasteiger charge is 1.98. The van der Waals surface area contributed by atoms with Crippen molar-refractivity contribution in [1.29, 1.82) is 0 Å². The van der Waals surface area contributed by atoms with Crippen molar-refractivity contribution in [3.8, 4) is 0 Å². The molecule has 5 N–H and O–H groups in total. The largest absolute Gasteiger partial charge is 0.425 e. The van der Waals surface area contributed by atoms with E-state index in [-0.39, 0.29) is 11.6 Å². The Kier molecular flexibility index (Phi) is 4.07. The van der Waals surface area contributed by atoms with E-state index in [0.717, 1.165) is 17.6 Å². The van der Waals surface area contributed by atoms with Gasteiger partial charge in [-0.1, -0.05) is 30.3 Å². The lowest BCUT2D eigenvalue weighted by atomic mass is 10.1. The van der Waals surface area contributed by atoms with Gasteiger partial charge in [-0.25, -0.2) is 0 Å². The number of rotatable bonds is 4. The summed E-state index contributed by atoms with van der Waals surface area (Å²) in [6.45, 7) is 0.698. The third kappa shape index (κ3) is 3.51. The monoisotopic (exact) mass is 258 g/mol. The summed E-state index contributed by atoms with van der Waals surface area (Å²) in [5.41, 5.74) is 12.5. The van der Waals surface area contributed by atoms with Crippen LogP contribution in [0.2, 0.25) is 0 Å². The average Bonchev–Trinajstić information content (AvgIpc) is 2.42. The number of nitrogens with zero attached hydrogens (tertiary/aromatic N) is 2. The Morgan fingerprint density at radius 1 is 1.05 bits per heavy atom. The number of nitrogens with two attached hydrogens (primary N) is 2. The number of aromatic nitrogens is 1. The van der Waals surface area contributed by atoms with Crippen LogP contribution in [0.1, 0.15) is 12.0 Å². The highest BCUT2D eigenvalue weighted by atomic mass is 16.5. The lowest BCUT2D eigenvalue weighted by Gasteiger charge is -2.05. The van der Waals surface area contributed by atoms with Crippen molar-refractivity contribution in [2.45, 2.75) is 12.8 Å². The van der Waals surface area contributed by atoms with Crippen LogP contribution >= 0.6 is 0 Å². The summed E-state index contributed by atoms with van der Waals surface area (Å²) in [7, 11) is 0. The molecule has 2 rings (SSSR count). The number of hydrogen-bond donors (Lipinski definition) is 3. The normalized spacial score (nSPS) is 10.3. The van der Waals surface area contributed by atoms with Crippen LogP contribution in [-0.2, 0) is 6.42 Å². The summed E-state index contributed by atoms with van der Waals surface area (Å²) in [5.74, 6) is 0.364. The maximum atomic E-state index is 9.38. The van der Waals surface area contributed by atoms with Gasteiger partial charge < -0.3 is 16.7 Å². The maximum Gasteiger partial charge on any atom is 0.144 e. The molecule has 0 radical (unpaired) electrons. The molecule has 0 fully saturated rings. The van der Waals surface area contributed by atoms with Gasteiger partial charge in [0.25, 0.3) is 0 Å². The molecule has 0 bridgehead atoms. The number of aryl methyl sites for hydroxylation is 1. The molecule has 19 heavy (non-hydrogen) atoms. The minimum atomic E-state index is 0.182. The maximum absolute atomic E-state index is 9.38. The van der Waals surface area contributed by atoms with E-state index in [1.165, 1.54) is 5.56 Å². The number of pyridine rings is 1. The third-order valence-corrected chi connectivity index (χ3v) is 2.84. The first-order valence-electron chi connectivity index (χ1n) is 6.18. The molecular weight excluding hydrogens is 240 g/mol. The molecule has 0 atom stereocenters. The molecule has 100 valence electrons. The van der Waals surface area contributed by atoms with E-state index >= 15 is 0 Å². The highest BCUT2D eigenvalue weighted by molar-refractivity contribution is 5.39. The Balaban J connectivity index is 1.96. The molecule has 1 aromatic heterocycles. The van der Waals surface area contributed by atoms with E-state index in [1.54, 1.807) is 12.1 Å². The molecule has 0 amide bonds. The van der Waals surface area contributed by atoms with Crippen LogP contribution in [0, 0.1) is 0 Å². The first kappa shape index (κ1) is 13.0. The Bertz CT molecular complexity index is 578. The minimum Gasteiger partial charge on any atom is -0.425 e. The molecule has 0 spiro atoms. The van der Waals surface area contributed by atoms with Crippen molar-refractivity contribution >= 4 is 11.6 Å². The van der Waals surface area contributed by atoms with Crippen LogP contribution in [0.4, 0.5) is 11.6 Å². The van der Waals surface area contributed by atoms with Gasteiger partial charge in [-0.05, 0) is 18.4 Å². The number of hydrogen-bond acceptors (Lipinski definition) is 4. The second kappa shape index (κ2) is 5.95. The Morgan fingerprint density at radius 2 is 1.68 bits per heavy atom. The third-order valence-electron chi connectivity index (χ3n) is 2.84. The van der Waals surface area contributed by atoms with E-state index in [9.17, 15) is 5.21 Å². The van der Waals surface area contributed by atoms with Crippen molar-refractivity contribution in [2.75, 3.05) is 18.0 Å². The predicted molar refractivity (Wildman–Crippen MR) is 75.6 cm³/mol. The van der Waals surface area contributed by atoms with Gasteiger partial charge in [0.2, 0.25) is 0 Å². The van der Waals surface area contributed by atoms with Crippen LogP contribution in [0.3, 0.4) is 0 Å². The fraction of sp³-hybridized carbons (Fsp3) is 0.214. The van der Waals surface area contributed by atoms with Crippen LogP contribution < -0.4 is 16.8 Å². The van der Waals surface area contributed by atoms with Crippen molar-refractivity contribution in [1.82, 2.24) is 4.73 Å². The van der Waals surface area contributed by atoms with Crippen LogP contribution in [0.15, 0.2) is 47.5 Å². The average molecular weight is 258 g/mol. The topological polar surface area (TPSA) is 89.6 Å². The summed E-state index contributed by atoms with van der Waals surface area (Å²) in [6, 6.07) is 13.5. The van der Waals surface area contributed by atoms with E-state index < -0.39 is 0 Å². The SMILES string of the molecule is Nc1cc(=NCCCc2ccccc2)cc(N)n1O. The molecule has 0 saturated carbocycles. The van der Waals surface area contributed by atoms with Crippen LogP contribution in [0.25, 0.3) is 0 Å². The lowest BCUT2D eigenvalue weighted by molar-refractivity contribution is 0.197. The number of benzene rings is 1. The summed E-state index contributed by atoms with van der Waals surface area (Å²) >= 11 is 0. The van der Waals surface area contributed by atoms with Gasteiger partial charge in [0.05, 0.1) is 5.36 Å². The first-order valence-corrected chi connectivity index (χ1v) is 6.18. The molecule has 1 aromatic carbocycles. The summed E-state index contributed by atoms with van der Waals surface area (Å²) in [4.78, 5) is 4.40. The van der Waals surface area contributed by atoms with Crippen LogP contribution in [0.5, 0.6) is 0 Å². The first-order chi connectivity index (χ1) is 9.16. The van der Waals surface area contributed by atoms with E-state index in [4.69, 9.17) is 11.5 Å². The molecular formula is C14H18N4O. The molecule has 0 saturated heterocycles. The van der Waals surface area contributed by atoms with Crippen molar-refractivity contribution in [3.63, 3.8) is 0 Å². The fourth-order valence-electron chi connectivity index (χ4n) is 1.84.